The van der Waals surface area contributed by atoms with Gasteiger partial charge in [0.05, 0.1) is 12.2 Å². The van der Waals surface area contributed by atoms with E-state index in [1.165, 1.54) is 12.4 Å². The van der Waals surface area contributed by atoms with Crippen LogP contribution in [0.25, 0.3) is 0 Å². The molecule has 0 radical (unpaired) electrons. The average molecular weight is 437 g/mol. The van der Waals surface area contributed by atoms with Crippen molar-refractivity contribution in [2.75, 3.05) is 6.54 Å². The highest BCUT2D eigenvalue weighted by Crippen LogP contribution is 2.07. The van der Waals surface area contributed by atoms with Gasteiger partial charge in [-0.05, 0) is 48.9 Å². The van der Waals surface area contributed by atoms with Gasteiger partial charge in [0.1, 0.15) is 6.04 Å². The van der Waals surface area contributed by atoms with Crippen molar-refractivity contribution in [3.05, 3.63) is 70.8 Å². The van der Waals surface area contributed by atoms with Crippen molar-refractivity contribution >= 4 is 11.8 Å². The highest BCUT2D eigenvalue weighted by molar-refractivity contribution is 5.97. The maximum Gasteiger partial charge on any atom is 0.268 e. The van der Waals surface area contributed by atoms with Crippen LogP contribution < -0.4 is 16.1 Å². The summed E-state index contributed by atoms with van der Waals surface area (Å²) in [5.41, 5.74) is 4.36. The Morgan fingerprint density at radius 3 is 2.09 bits per heavy atom. The number of nitriles is 1. The number of hydrogen-bond donors (Lipinski definition) is 5. The third-order valence-corrected chi connectivity index (χ3v) is 4.36. The van der Waals surface area contributed by atoms with Crippen LogP contribution in [0.2, 0.25) is 0 Å². The maximum absolute atomic E-state index is 12.3. The molecule has 0 aromatic heterocycles. The average Bonchev–Trinajstić information content (AvgIpc) is 2.79. The Kier molecular flexibility index (Phi) is 11.2. The third-order valence-electron chi connectivity index (χ3n) is 4.36. The van der Waals surface area contributed by atoms with Crippen molar-refractivity contribution in [2.24, 2.45) is 0 Å². The molecule has 2 amide bonds. The van der Waals surface area contributed by atoms with Crippen LogP contribution in [0.1, 0.15) is 47.8 Å². The van der Waals surface area contributed by atoms with E-state index in [0.29, 0.717) is 25.1 Å². The van der Waals surface area contributed by atoms with Gasteiger partial charge in [-0.3, -0.25) is 14.8 Å². The number of nitrogens with zero attached hydrogens (tertiary/aromatic N) is 1. The monoisotopic (exact) mass is 436 g/mol. The smallest absolute Gasteiger partial charge is 0.268 e. The van der Waals surface area contributed by atoms with Crippen molar-refractivity contribution < 1.29 is 19.9 Å². The second-order valence-electron chi connectivity index (χ2n) is 6.78. The summed E-state index contributed by atoms with van der Waals surface area (Å²) in [7, 11) is 0. The number of carbonyl (C=O) groups excluding carboxylic acids is 2. The Balaban J connectivity index is 0.00000512. The second-order valence-corrected chi connectivity index (χ2v) is 6.78. The molecule has 168 valence electrons. The predicted molar refractivity (Wildman–Crippen MR) is 120 cm³/mol. The van der Waals surface area contributed by atoms with E-state index in [4.69, 9.17) is 10.5 Å². The van der Waals surface area contributed by atoms with Gasteiger partial charge in [0, 0.05) is 36.2 Å². The van der Waals surface area contributed by atoms with Crippen LogP contribution in [0.5, 0.6) is 0 Å². The summed E-state index contributed by atoms with van der Waals surface area (Å²) >= 11 is 0. The number of nitrogens with one attached hydrogen (secondary N) is 3. The predicted octanol–water partition coefficient (Wildman–Crippen LogP) is 1.71. The molecule has 0 saturated carbocycles. The topological polar surface area (TPSA) is 134 Å². The fraction of sp³-hybridized carbons (Fsp3) is 0.292. The number of benzene rings is 2. The summed E-state index contributed by atoms with van der Waals surface area (Å²) in [5, 5.41) is 32.4. The molecule has 0 heterocycles. The molecule has 0 spiro atoms. The molecule has 2 aromatic rings. The van der Waals surface area contributed by atoms with Gasteiger partial charge in [0.2, 0.25) is 0 Å². The zero-order valence-corrected chi connectivity index (χ0v) is 17.1. The van der Waals surface area contributed by atoms with Crippen molar-refractivity contribution in [3.8, 4) is 17.9 Å². The van der Waals surface area contributed by atoms with E-state index in [0.717, 1.165) is 11.1 Å². The largest absolute Gasteiger partial charge is 0.391 e. The summed E-state index contributed by atoms with van der Waals surface area (Å²) in [6.07, 6.45) is -0.704. The van der Waals surface area contributed by atoms with E-state index in [-0.39, 0.29) is 13.0 Å². The van der Waals surface area contributed by atoms with Gasteiger partial charge in [-0.2, -0.15) is 5.26 Å². The Morgan fingerprint density at radius 1 is 1.03 bits per heavy atom. The molecule has 32 heavy (non-hydrogen) atoms. The van der Waals surface area contributed by atoms with E-state index in [9.17, 15) is 14.7 Å². The number of aliphatic hydroxyl groups excluding tert-OH is 1. The minimum Gasteiger partial charge on any atom is -0.391 e. The van der Waals surface area contributed by atoms with Crippen LogP contribution in [0.3, 0.4) is 0 Å². The highest BCUT2D eigenvalue weighted by atomic mass is 16.5. The lowest BCUT2D eigenvalue weighted by atomic mass is 10.1. The normalized spacial score (nSPS) is 11.6. The molecule has 0 unspecified atom stereocenters. The summed E-state index contributed by atoms with van der Waals surface area (Å²) in [6, 6.07) is 15.1. The molecular formula is C24H28N4O4. The molecular weight excluding hydrogens is 408 g/mol. The second kappa shape index (κ2) is 13.6. The zero-order valence-electron chi connectivity index (χ0n) is 17.1. The fourth-order valence-corrected chi connectivity index (χ4v) is 2.63. The first-order valence-corrected chi connectivity index (χ1v) is 9.66. The van der Waals surface area contributed by atoms with E-state index in [2.05, 4.69) is 28.5 Å². The lowest BCUT2D eigenvalue weighted by molar-refractivity contribution is -0.133. The van der Waals surface area contributed by atoms with Crippen molar-refractivity contribution in [1.29, 1.82) is 5.26 Å². The molecule has 0 aliphatic rings. The van der Waals surface area contributed by atoms with Crippen LogP contribution in [0.15, 0.2) is 48.5 Å². The number of rotatable bonds is 8. The molecule has 5 N–H and O–H groups in total. The Morgan fingerprint density at radius 2 is 1.59 bits per heavy atom. The first-order chi connectivity index (χ1) is 14.9. The van der Waals surface area contributed by atoms with Crippen LogP contribution in [-0.4, -0.2) is 40.8 Å². The van der Waals surface area contributed by atoms with E-state index in [1.807, 2.05) is 24.3 Å². The number of aliphatic hydroxyl groups is 1. The molecule has 0 aliphatic carbocycles. The summed E-state index contributed by atoms with van der Waals surface area (Å²) < 4.78 is 0. The Labute approximate surface area is 188 Å². The minimum atomic E-state index is -1.28. The molecule has 0 saturated heterocycles. The SMILES string of the molecule is C.C[C@@H](O)[C@H](NC(=O)c1ccc(C#Cc2ccc(CNCCC#N)cc2)cc1)C(=O)NO. The van der Waals surface area contributed by atoms with Crippen molar-refractivity contribution in [1.82, 2.24) is 16.1 Å². The van der Waals surface area contributed by atoms with E-state index in [1.54, 1.807) is 24.3 Å². The Bertz CT molecular complexity index is 984. The van der Waals surface area contributed by atoms with Gasteiger partial charge in [-0.1, -0.05) is 31.4 Å². The zero-order chi connectivity index (χ0) is 22.6. The summed E-state index contributed by atoms with van der Waals surface area (Å²) in [4.78, 5) is 23.8. The molecule has 2 aromatic carbocycles. The number of carbonyl (C=O) groups is 2. The molecule has 2 rings (SSSR count). The first kappa shape index (κ1) is 26.3. The minimum absolute atomic E-state index is 0. The van der Waals surface area contributed by atoms with E-state index >= 15 is 0 Å². The van der Waals surface area contributed by atoms with Gasteiger partial charge >= 0.3 is 0 Å². The summed E-state index contributed by atoms with van der Waals surface area (Å²) in [5.74, 6) is 4.61. The number of hydroxylamine groups is 1. The molecule has 8 nitrogen and oxygen atoms in total. The molecule has 0 aliphatic heterocycles. The lowest BCUT2D eigenvalue weighted by Gasteiger charge is -2.19. The van der Waals surface area contributed by atoms with Crippen molar-refractivity contribution in [3.63, 3.8) is 0 Å². The molecule has 8 heteroatoms. The molecule has 0 fully saturated rings. The van der Waals surface area contributed by atoms with E-state index < -0.39 is 24.0 Å². The molecule has 0 bridgehead atoms. The lowest BCUT2D eigenvalue weighted by Crippen LogP contribution is -2.51. The van der Waals surface area contributed by atoms with Crippen LogP contribution in [0.4, 0.5) is 0 Å². The number of hydrogen-bond acceptors (Lipinski definition) is 6. The van der Waals surface area contributed by atoms with Crippen LogP contribution in [-0.2, 0) is 11.3 Å². The highest BCUT2D eigenvalue weighted by Gasteiger charge is 2.25. The summed E-state index contributed by atoms with van der Waals surface area (Å²) in [6.45, 7) is 2.67. The van der Waals surface area contributed by atoms with Gasteiger partial charge in [0.25, 0.3) is 11.8 Å². The first-order valence-electron chi connectivity index (χ1n) is 9.66. The standard InChI is InChI=1S/C23H24N4O4.CH4/c1-16(28)21(23(30)27-31)26-22(29)20-11-9-18(10-12-20)4-3-17-5-7-19(8-6-17)15-25-14-2-13-24;/h5-12,16,21,25,28,31H,2,14-15H2,1H3,(H,26,29)(H,27,30);1H4/t16-,21+;/m1./s1. The van der Waals surface area contributed by atoms with Crippen molar-refractivity contribution in [2.45, 2.75) is 39.5 Å². The molecule has 2 atom stereocenters. The fourth-order valence-electron chi connectivity index (χ4n) is 2.63. The van der Waals surface area contributed by atoms with Gasteiger partial charge in [-0.25, -0.2) is 5.48 Å². The Hall–Kier alpha value is -3.69. The third kappa shape index (κ3) is 8.21. The van der Waals surface area contributed by atoms with Gasteiger partial charge in [-0.15, -0.1) is 0 Å². The van der Waals surface area contributed by atoms with Gasteiger partial charge in [0.15, 0.2) is 0 Å². The quantitative estimate of drug-likeness (QED) is 0.185. The van der Waals surface area contributed by atoms with Gasteiger partial charge < -0.3 is 15.7 Å². The number of amides is 2. The maximum atomic E-state index is 12.3. The van der Waals surface area contributed by atoms with Crippen LogP contribution in [0, 0.1) is 23.2 Å². The van der Waals surface area contributed by atoms with Crippen LogP contribution >= 0.6 is 0 Å².